The highest BCUT2D eigenvalue weighted by Crippen LogP contribution is 2.38. The number of benzene rings is 1. The van der Waals surface area contributed by atoms with Crippen LogP contribution in [0.15, 0.2) is 30.5 Å². The van der Waals surface area contributed by atoms with Crippen molar-refractivity contribution in [3.05, 3.63) is 36.2 Å². The minimum atomic E-state index is -0.991. The van der Waals surface area contributed by atoms with E-state index in [2.05, 4.69) is 37.6 Å². The number of halogens is 1. The summed E-state index contributed by atoms with van der Waals surface area (Å²) >= 11 is 0. The molecule has 4 atom stereocenters. The quantitative estimate of drug-likeness (QED) is 0.568. The lowest BCUT2D eigenvalue weighted by molar-refractivity contribution is 0.0607. The maximum absolute atomic E-state index is 15.2. The third-order valence-electron chi connectivity index (χ3n) is 7.28. The molecule has 2 N–H and O–H groups in total. The predicted molar refractivity (Wildman–Crippen MR) is 130 cm³/mol. The van der Waals surface area contributed by atoms with Gasteiger partial charge >= 0.3 is 0 Å². The molecule has 3 aromatic rings. The third kappa shape index (κ3) is 4.38. The molecule has 0 spiro atoms. The molecule has 5 rings (SSSR count). The first-order chi connectivity index (χ1) is 16.8. The highest BCUT2D eigenvalue weighted by molar-refractivity contribution is 5.71. The van der Waals surface area contributed by atoms with Gasteiger partial charge in [0, 0.05) is 30.3 Å². The maximum atomic E-state index is 15.2. The van der Waals surface area contributed by atoms with Gasteiger partial charge in [0.1, 0.15) is 23.4 Å². The molecule has 1 aromatic carbocycles. The van der Waals surface area contributed by atoms with Crippen LogP contribution in [0.4, 0.5) is 10.2 Å². The molecule has 10 heteroatoms. The zero-order chi connectivity index (χ0) is 24.7. The number of fused-ring (bicyclic) bond motifs is 2. The number of phenols is 1. The Hall–Kier alpha value is -3.40. The molecule has 2 saturated heterocycles. The molecule has 2 aliphatic heterocycles. The summed E-state index contributed by atoms with van der Waals surface area (Å²) in [5, 5.41) is 31.0. The minimum Gasteiger partial charge on any atom is -0.507 e. The van der Waals surface area contributed by atoms with E-state index in [1.807, 2.05) is 18.9 Å². The summed E-state index contributed by atoms with van der Waals surface area (Å²) in [6, 6.07) is 6.44. The Morgan fingerprint density at radius 2 is 2.03 bits per heavy atom. The topological polar surface area (TPSA) is 109 Å². The molecule has 2 fully saturated rings. The molecule has 35 heavy (non-hydrogen) atoms. The van der Waals surface area contributed by atoms with E-state index >= 15 is 4.39 Å². The van der Waals surface area contributed by atoms with Crippen LogP contribution >= 0.6 is 0 Å². The van der Waals surface area contributed by atoms with E-state index < -0.39 is 6.17 Å². The first-order valence-corrected chi connectivity index (χ1v) is 11.8. The Morgan fingerprint density at radius 3 is 2.74 bits per heavy atom. The largest absolute Gasteiger partial charge is 0.507 e. The molecule has 9 nitrogen and oxygen atoms in total. The fourth-order valence-corrected chi connectivity index (χ4v) is 5.28. The number of rotatable bonds is 5. The number of piperidine rings is 2. The van der Waals surface area contributed by atoms with E-state index in [1.54, 1.807) is 37.6 Å². The number of anilines is 1. The van der Waals surface area contributed by atoms with Crippen LogP contribution in [-0.2, 0) is 0 Å². The monoisotopic (exact) mass is 479 g/mol. The van der Waals surface area contributed by atoms with E-state index in [9.17, 15) is 5.11 Å². The minimum absolute atomic E-state index is 0.00493. The van der Waals surface area contributed by atoms with Gasteiger partial charge in [-0.25, -0.2) is 9.37 Å². The average Bonchev–Trinajstić information content (AvgIpc) is 2.86. The fraction of sp³-hybridized carbons (Fsp3) is 0.480. The molecule has 0 aliphatic carbocycles. The number of methoxy groups -OCH3 is 1. The zero-order valence-corrected chi connectivity index (χ0v) is 20.4. The first-order valence-electron chi connectivity index (χ1n) is 11.8. The van der Waals surface area contributed by atoms with Crippen LogP contribution in [0.2, 0.25) is 0 Å². The number of ether oxygens (including phenoxy) is 1. The van der Waals surface area contributed by atoms with Crippen molar-refractivity contribution in [3.63, 3.8) is 0 Å². The first kappa shape index (κ1) is 23.3. The van der Waals surface area contributed by atoms with Crippen molar-refractivity contribution in [1.29, 1.82) is 0 Å². The lowest BCUT2D eigenvalue weighted by Crippen LogP contribution is -2.66. The second-order valence-electron chi connectivity index (χ2n) is 9.79. The van der Waals surface area contributed by atoms with Crippen LogP contribution in [0, 0.1) is 6.92 Å². The van der Waals surface area contributed by atoms with E-state index in [0.29, 0.717) is 40.5 Å². The van der Waals surface area contributed by atoms with Gasteiger partial charge in [0.2, 0.25) is 0 Å². The van der Waals surface area contributed by atoms with Gasteiger partial charge in [-0.05, 0) is 51.7 Å². The van der Waals surface area contributed by atoms with Crippen molar-refractivity contribution < 1.29 is 14.2 Å². The lowest BCUT2D eigenvalue weighted by atomic mass is 9.74. The number of hydrogen-bond donors (Lipinski definition) is 2. The number of hydrogen-bond acceptors (Lipinski definition) is 9. The SMILES string of the molecule is COc1cc(-c2ccc(-c3ncc(N(C)[C@H]4C[C@]5(C)CCC[C@H](N5)[C@H]4F)nn3)c(O)c2)nnc1C. The molecule has 0 radical (unpaired) electrons. The molecule has 184 valence electrons. The van der Waals surface area contributed by atoms with Gasteiger partial charge in [0.05, 0.1) is 30.6 Å². The van der Waals surface area contributed by atoms with E-state index in [1.165, 1.54) is 0 Å². The van der Waals surface area contributed by atoms with Gasteiger partial charge in [-0.15, -0.1) is 15.3 Å². The van der Waals surface area contributed by atoms with Gasteiger partial charge in [-0.1, -0.05) is 6.07 Å². The molecule has 0 saturated carbocycles. The standard InChI is InChI=1S/C25H30FN7O2/c1-14-21(35-4)11-18(30-29-14)15-7-8-16(20(34)10-15)24-27-13-22(31-32-24)33(3)19-12-25(2)9-5-6-17(28-25)23(19)26/h7-8,10-11,13,17,19,23,28,34H,5-6,9,12H2,1-4H3/t17-,19-,23+,25-/m0/s1. The van der Waals surface area contributed by atoms with Crippen molar-refractivity contribution in [3.8, 4) is 34.1 Å². The number of phenolic OH excluding ortho intramolecular Hbond substituents is 1. The molecule has 4 heterocycles. The second-order valence-corrected chi connectivity index (χ2v) is 9.79. The number of aromatic hydroxyl groups is 1. The Balaban J connectivity index is 1.36. The predicted octanol–water partition coefficient (Wildman–Crippen LogP) is 3.47. The highest BCUT2D eigenvalue weighted by Gasteiger charge is 2.47. The maximum Gasteiger partial charge on any atom is 0.185 e. The van der Waals surface area contributed by atoms with Crippen molar-refractivity contribution in [1.82, 2.24) is 30.7 Å². The van der Waals surface area contributed by atoms with Crippen molar-refractivity contribution in [2.45, 2.75) is 63.3 Å². The summed E-state index contributed by atoms with van der Waals surface area (Å²) in [7, 11) is 3.42. The molecule has 2 bridgehead atoms. The van der Waals surface area contributed by atoms with E-state index in [4.69, 9.17) is 4.74 Å². The molecular formula is C25H30FN7O2. The summed E-state index contributed by atoms with van der Waals surface area (Å²) in [5.41, 5.74) is 2.31. The number of nitrogens with one attached hydrogen (secondary N) is 1. The van der Waals surface area contributed by atoms with E-state index in [-0.39, 0.29) is 29.2 Å². The van der Waals surface area contributed by atoms with Crippen LogP contribution in [0.5, 0.6) is 11.5 Å². The van der Waals surface area contributed by atoms with Crippen LogP contribution in [-0.4, -0.2) is 68.4 Å². The average molecular weight is 480 g/mol. The summed E-state index contributed by atoms with van der Waals surface area (Å²) in [6.07, 6.45) is 4.22. The fourth-order valence-electron chi connectivity index (χ4n) is 5.28. The van der Waals surface area contributed by atoms with Gasteiger partial charge in [-0.2, -0.15) is 5.10 Å². The van der Waals surface area contributed by atoms with Gasteiger partial charge in [0.15, 0.2) is 11.6 Å². The van der Waals surface area contributed by atoms with Gasteiger partial charge in [0.25, 0.3) is 0 Å². The smallest absolute Gasteiger partial charge is 0.185 e. The summed E-state index contributed by atoms with van der Waals surface area (Å²) < 4.78 is 20.6. The molecule has 0 unspecified atom stereocenters. The summed E-state index contributed by atoms with van der Waals surface area (Å²) in [4.78, 5) is 6.27. The number of aryl methyl sites for hydroxylation is 1. The van der Waals surface area contributed by atoms with Crippen LogP contribution in [0.3, 0.4) is 0 Å². The van der Waals surface area contributed by atoms with Crippen molar-refractivity contribution >= 4 is 5.82 Å². The Bertz CT molecular complexity index is 1220. The Morgan fingerprint density at radius 1 is 1.20 bits per heavy atom. The molecular weight excluding hydrogens is 449 g/mol. The van der Waals surface area contributed by atoms with Crippen molar-refractivity contribution in [2.24, 2.45) is 0 Å². The van der Waals surface area contributed by atoms with Crippen LogP contribution < -0.4 is 15.0 Å². The zero-order valence-electron chi connectivity index (χ0n) is 20.4. The number of alkyl halides is 1. The van der Waals surface area contributed by atoms with Crippen molar-refractivity contribution in [2.75, 3.05) is 19.1 Å². The summed E-state index contributed by atoms with van der Waals surface area (Å²) in [5.74, 6) is 1.40. The molecule has 0 amide bonds. The van der Waals surface area contributed by atoms with Crippen LogP contribution in [0.25, 0.3) is 22.6 Å². The molecule has 2 aliphatic rings. The van der Waals surface area contributed by atoms with Crippen LogP contribution in [0.1, 0.15) is 38.3 Å². The number of aromatic nitrogens is 5. The molecule has 2 aromatic heterocycles. The Labute approximate surface area is 203 Å². The Kier molecular flexibility index (Phi) is 6.00. The van der Waals surface area contributed by atoms with Gasteiger partial charge < -0.3 is 20.1 Å². The third-order valence-corrected chi connectivity index (χ3v) is 7.28. The number of nitrogens with zero attached hydrogens (tertiary/aromatic N) is 6. The summed E-state index contributed by atoms with van der Waals surface area (Å²) in [6.45, 7) is 3.98. The normalized spacial score (nSPS) is 25.8. The second kappa shape index (κ2) is 8.99. The van der Waals surface area contributed by atoms with Gasteiger partial charge in [-0.3, -0.25) is 0 Å². The highest BCUT2D eigenvalue weighted by atomic mass is 19.1. The lowest BCUT2D eigenvalue weighted by Gasteiger charge is -2.51. The van der Waals surface area contributed by atoms with E-state index in [0.717, 1.165) is 19.3 Å².